The van der Waals surface area contributed by atoms with Gasteiger partial charge in [-0.25, -0.2) is 0 Å². The number of aliphatic hydroxyl groups is 1. The molecule has 4 aromatic rings. The Morgan fingerprint density at radius 2 is 1.87 bits per heavy atom. The summed E-state index contributed by atoms with van der Waals surface area (Å²) in [5.74, 6) is -0.216. The van der Waals surface area contributed by atoms with E-state index in [1.807, 2.05) is 36.5 Å². The molecule has 3 N–H and O–H groups in total. The number of hydrogen-bond acceptors (Lipinski definition) is 4. The van der Waals surface area contributed by atoms with Crippen LogP contribution in [0.4, 0.5) is 5.69 Å². The fourth-order valence-electron chi connectivity index (χ4n) is 3.84. The Bertz CT molecular complexity index is 1380. The van der Waals surface area contributed by atoms with Gasteiger partial charge in [0.25, 0.3) is 0 Å². The lowest BCUT2D eigenvalue weighted by Crippen LogP contribution is -1.94. The third-order valence-corrected chi connectivity index (χ3v) is 5.35. The van der Waals surface area contributed by atoms with Crippen LogP contribution in [0.25, 0.3) is 27.9 Å². The molecule has 154 valence electrons. The van der Waals surface area contributed by atoms with Gasteiger partial charge in [0.2, 0.25) is 0 Å². The number of nitrogens with one attached hydrogen (secondary N) is 2. The van der Waals surface area contributed by atoms with Gasteiger partial charge >= 0.3 is 0 Å². The maximum absolute atomic E-state index is 12.4. The van der Waals surface area contributed by atoms with Crippen molar-refractivity contribution in [3.63, 3.8) is 0 Å². The number of allylic oxidation sites excluding steroid dienone is 3. The number of fused-ring (bicyclic) bond motifs is 2. The van der Waals surface area contributed by atoms with E-state index >= 15 is 0 Å². The van der Waals surface area contributed by atoms with Crippen molar-refractivity contribution in [2.45, 2.75) is 19.8 Å². The van der Waals surface area contributed by atoms with E-state index in [-0.39, 0.29) is 11.5 Å². The number of aromatic amines is 2. The predicted octanol–water partition coefficient (Wildman–Crippen LogP) is 6.35. The number of aryl methyl sites for hydroxylation is 2. The number of H-pyrrole nitrogens is 2. The molecular formula is C25H21N3O2S. The van der Waals surface area contributed by atoms with E-state index in [4.69, 9.17) is 12.2 Å². The number of benzene rings is 2. The van der Waals surface area contributed by atoms with Gasteiger partial charge < -0.3 is 15.1 Å². The van der Waals surface area contributed by atoms with E-state index in [1.54, 1.807) is 12.3 Å². The number of carbonyl (C=O) groups is 1. The predicted molar refractivity (Wildman–Crippen MR) is 129 cm³/mol. The average molecular weight is 428 g/mol. The summed E-state index contributed by atoms with van der Waals surface area (Å²) >= 11 is 4.71. The molecule has 0 atom stereocenters. The number of aromatic nitrogens is 2. The summed E-state index contributed by atoms with van der Waals surface area (Å²) in [4.78, 5) is 22.8. The van der Waals surface area contributed by atoms with Gasteiger partial charge in [-0.15, -0.1) is 0 Å². The number of isothiocyanates is 1. The summed E-state index contributed by atoms with van der Waals surface area (Å²) in [5, 5.41) is 14.7. The van der Waals surface area contributed by atoms with Crippen LogP contribution in [0.2, 0.25) is 0 Å². The quantitative estimate of drug-likeness (QED) is 0.139. The Morgan fingerprint density at radius 1 is 1.13 bits per heavy atom. The number of ketones is 1. The molecular weight excluding hydrogens is 406 g/mol. The van der Waals surface area contributed by atoms with Crippen molar-refractivity contribution in [1.29, 1.82) is 0 Å². The Labute approximate surface area is 184 Å². The highest BCUT2D eigenvalue weighted by Gasteiger charge is 2.08. The maximum atomic E-state index is 12.4. The molecule has 0 aliphatic rings. The summed E-state index contributed by atoms with van der Waals surface area (Å²) in [5.41, 5.74) is 5.79. The number of rotatable bonds is 7. The fourth-order valence-corrected chi connectivity index (χ4v) is 3.94. The van der Waals surface area contributed by atoms with Gasteiger partial charge in [-0.2, -0.15) is 4.99 Å². The maximum Gasteiger partial charge on any atom is 0.181 e. The van der Waals surface area contributed by atoms with Crippen molar-refractivity contribution in [1.82, 2.24) is 9.97 Å². The molecule has 0 spiro atoms. The molecule has 0 fully saturated rings. The zero-order valence-corrected chi connectivity index (χ0v) is 17.8. The lowest BCUT2D eigenvalue weighted by molar-refractivity contribution is -0.110. The molecule has 0 saturated carbocycles. The topological polar surface area (TPSA) is 81.2 Å². The number of aliphatic hydroxyl groups excluding tert-OH is 1. The number of aliphatic imine (C=N–C) groups is 1. The number of carbonyl (C=O) groups excluding carboxylic acids is 1. The van der Waals surface area contributed by atoms with Gasteiger partial charge in [0.15, 0.2) is 5.78 Å². The Morgan fingerprint density at radius 3 is 2.68 bits per heavy atom. The first-order valence-corrected chi connectivity index (χ1v) is 10.3. The van der Waals surface area contributed by atoms with E-state index in [2.05, 4.69) is 33.1 Å². The third kappa shape index (κ3) is 4.40. The van der Waals surface area contributed by atoms with E-state index < -0.39 is 0 Å². The summed E-state index contributed by atoms with van der Waals surface area (Å²) in [7, 11) is 0. The Balaban J connectivity index is 1.48. The first-order chi connectivity index (χ1) is 15.1. The van der Waals surface area contributed by atoms with Crippen molar-refractivity contribution in [3.05, 3.63) is 83.4 Å². The molecule has 6 heteroatoms. The van der Waals surface area contributed by atoms with Crippen LogP contribution < -0.4 is 0 Å². The minimum Gasteiger partial charge on any atom is -0.512 e. The van der Waals surface area contributed by atoms with Gasteiger partial charge in [0.05, 0.1) is 16.6 Å². The molecule has 5 nitrogen and oxygen atoms in total. The van der Waals surface area contributed by atoms with Crippen LogP contribution in [-0.4, -0.2) is 26.0 Å². The van der Waals surface area contributed by atoms with Gasteiger partial charge in [0.1, 0.15) is 0 Å². The molecule has 0 aliphatic carbocycles. The number of hydrogen-bond donors (Lipinski definition) is 3. The van der Waals surface area contributed by atoms with Crippen LogP contribution >= 0.6 is 12.2 Å². The molecule has 31 heavy (non-hydrogen) atoms. The molecule has 2 aromatic carbocycles. The van der Waals surface area contributed by atoms with Crippen LogP contribution in [0, 0.1) is 6.92 Å². The second-order valence-electron chi connectivity index (χ2n) is 7.33. The zero-order chi connectivity index (χ0) is 21.8. The fraction of sp³-hybridized carbons (Fsp3) is 0.120. The zero-order valence-electron chi connectivity index (χ0n) is 17.0. The summed E-state index contributed by atoms with van der Waals surface area (Å²) in [6.07, 6.45) is 9.21. The van der Waals surface area contributed by atoms with Crippen molar-refractivity contribution < 1.29 is 9.90 Å². The highest BCUT2D eigenvalue weighted by Crippen LogP contribution is 2.29. The van der Waals surface area contributed by atoms with Crippen molar-refractivity contribution in [2.24, 2.45) is 4.99 Å². The standard InChI is InChI=1S/C25H21N3O2S/c1-16-13-26-21-6-2-4-17(24(16)21)8-10-19(29)12-20(30)11-9-18-5-3-7-22-25(18)23(14-27-22)28-15-31/h2-7,9,11-14,26-27,29H,8,10H2,1H3/b11-9+,19-12-. The molecule has 2 aromatic heterocycles. The summed E-state index contributed by atoms with van der Waals surface area (Å²) in [6, 6.07) is 11.8. The van der Waals surface area contributed by atoms with Crippen molar-refractivity contribution >= 4 is 56.7 Å². The van der Waals surface area contributed by atoms with E-state index in [0.717, 1.165) is 27.5 Å². The van der Waals surface area contributed by atoms with Crippen LogP contribution in [-0.2, 0) is 11.2 Å². The Hall–Kier alpha value is -3.73. The van der Waals surface area contributed by atoms with Crippen LogP contribution in [0.3, 0.4) is 0 Å². The van der Waals surface area contributed by atoms with Gasteiger partial charge in [-0.3, -0.25) is 4.79 Å². The molecule has 2 heterocycles. The minimum absolute atomic E-state index is 0.0608. The van der Waals surface area contributed by atoms with Crippen molar-refractivity contribution in [3.8, 4) is 0 Å². The molecule has 0 radical (unpaired) electrons. The normalized spacial score (nSPS) is 12.0. The smallest absolute Gasteiger partial charge is 0.181 e. The average Bonchev–Trinajstić information content (AvgIpc) is 3.35. The van der Waals surface area contributed by atoms with E-state index in [0.29, 0.717) is 18.5 Å². The Kier molecular flexibility index (Phi) is 5.94. The van der Waals surface area contributed by atoms with Crippen LogP contribution in [0.5, 0.6) is 0 Å². The van der Waals surface area contributed by atoms with Gasteiger partial charge in [-0.05, 0) is 60.5 Å². The van der Waals surface area contributed by atoms with Gasteiger partial charge in [-0.1, -0.05) is 30.3 Å². The van der Waals surface area contributed by atoms with Crippen LogP contribution in [0.15, 0.2) is 71.7 Å². The first-order valence-electron chi connectivity index (χ1n) is 9.92. The summed E-state index contributed by atoms with van der Waals surface area (Å²) in [6.45, 7) is 2.06. The summed E-state index contributed by atoms with van der Waals surface area (Å²) < 4.78 is 0. The lowest BCUT2D eigenvalue weighted by Gasteiger charge is -2.04. The van der Waals surface area contributed by atoms with Crippen molar-refractivity contribution in [2.75, 3.05) is 0 Å². The second-order valence-corrected chi connectivity index (χ2v) is 7.51. The second kappa shape index (κ2) is 8.96. The lowest BCUT2D eigenvalue weighted by atomic mass is 10.0. The molecule has 0 bridgehead atoms. The van der Waals surface area contributed by atoms with Gasteiger partial charge in [0, 0.05) is 46.7 Å². The van der Waals surface area contributed by atoms with E-state index in [9.17, 15) is 9.90 Å². The SMILES string of the molecule is Cc1c[nH]c2cccc(CC/C(O)=C/C(=O)/C=C/c3cccc4[nH]cc(N=C=S)c34)c12. The minimum atomic E-state index is -0.277. The van der Waals surface area contributed by atoms with E-state index in [1.165, 1.54) is 23.1 Å². The highest BCUT2D eigenvalue weighted by molar-refractivity contribution is 7.78. The number of nitrogens with zero attached hydrogens (tertiary/aromatic N) is 1. The third-order valence-electron chi connectivity index (χ3n) is 5.26. The highest BCUT2D eigenvalue weighted by atomic mass is 32.1. The molecule has 0 amide bonds. The molecule has 0 unspecified atom stereocenters. The molecule has 4 rings (SSSR count). The largest absolute Gasteiger partial charge is 0.512 e. The monoisotopic (exact) mass is 427 g/mol. The molecule has 0 aliphatic heterocycles. The van der Waals surface area contributed by atoms with Crippen LogP contribution in [0.1, 0.15) is 23.1 Å². The molecule has 0 saturated heterocycles. The number of thiocarbonyl (C=S) groups is 1. The first kappa shape index (κ1) is 20.5.